The third kappa shape index (κ3) is 4.44. The van der Waals surface area contributed by atoms with Crippen molar-refractivity contribution in [2.45, 2.75) is 32.1 Å². The van der Waals surface area contributed by atoms with E-state index in [1.54, 1.807) is 6.07 Å². The minimum Gasteiger partial charge on any atom is -0.492 e. The van der Waals surface area contributed by atoms with E-state index in [0.29, 0.717) is 30.6 Å². The molecule has 0 N–H and O–H groups in total. The van der Waals surface area contributed by atoms with E-state index in [2.05, 4.69) is 11.8 Å². The first-order chi connectivity index (χ1) is 9.29. The van der Waals surface area contributed by atoms with Gasteiger partial charge in [-0.25, -0.2) is 4.39 Å². The normalized spacial score (nSPS) is 15.1. The topological polar surface area (TPSA) is 9.23 Å². The van der Waals surface area contributed by atoms with Crippen molar-refractivity contribution in [2.24, 2.45) is 5.92 Å². The lowest BCUT2D eigenvalue weighted by Crippen LogP contribution is -2.09. The molecule has 0 radical (unpaired) electrons. The summed E-state index contributed by atoms with van der Waals surface area (Å²) in [6.45, 7) is 0.660. The molecule has 0 amide bonds. The molecule has 0 atom stereocenters. The van der Waals surface area contributed by atoms with Crippen LogP contribution >= 0.6 is 11.6 Å². The summed E-state index contributed by atoms with van der Waals surface area (Å²) in [6.07, 6.45) is 5.60. The Labute approximate surface area is 119 Å². The second kappa shape index (κ2) is 7.40. The molecule has 2 rings (SSSR count). The van der Waals surface area contributed by atoms with Gasteiger partial charge in [-0.2, -0.15) is 0 Å². The van der Waals surface area contributed by atoms with Gasteiger partial charge < -0.3 is 4.74 Å². The zero-order chi connectivity index (χ0) is 13.5. The lowest BCUT2D eigenvalue weighted by atomic mass is 10.1. The zero-order valence-corrected chi connectivity index (χ0v) is 11.7. The maximum atomic E-state index is 13.3. The van der Waals surface area contributed by atoms with Crippen molar-refractivity contribution in [3.8, 4) is 17.6 Å². The van der Waals surface area contributed by atoms with Crippen molar-refractivity contribution < 1.29 is 9.13 Å². The quantitative estimate of drug-likeness (QED) is 0.588. The van der Waals surface area contributed by atoms with E-state index in [1.165, 1.54) is 37.8 Å². The number of benzene rings is 1. The van der Waals surface area contributed by atoms with Crippen LogP contribution in [-0.2, 0) is 0 Å². The molecule has 3 heteroatoms. The van der Waals surface area contributed by atoms with Gasteiger partial charge >= 0.3 is 0 Å². The molecule has 0 aliphatic heterocycles. The van der Waals surface area contributed by atoms with E-state index in [9.17, 15) is 4.39 Å². The first-order valence-corrected chi connectivity index (χ1v) is 7.30. The fourth-order valence-corrected chi connectivity index (χ4v) is 2.40. The molecule has 102 valence electrons. The minimum absolute atomic E-state index is 0.288. The summed E-state index contributed by atoms with van der Waals surface area (Å²) in [6, 6.07) is 4.49. The number of ether oxygens (including phenoxy) is 1. The van der Waals surface area contributed by atoms with Crippen LogP contribution in [0.3, 0.4) is 0 Å². The largest absolute Gasteiger partial charge is 0.492 e. The fourth-order valence-electron chi connectivity index (χ4n) is 2.31. The van der Waals surface area contributed by atoms with Gasteiger partial charge in [-0.05, 0) is 30.9 Å². The van der Waals surface area contributed by atoms with E-state index in [0.717, 1.165) is 5.56 Å². The molecule has 0 spiro atoms. The Morgan fingerprint density at radius 3 is 2.84 bits per heavy atom. The first kappa shape index (κ1) is 14.2. The van der Waals surface area contributed by atoms with Gasteiger partial charge in [0.15, 0.2) is 0 Å². The molecule has 0 unspecified atom stereocenters. The number of hydrogen-bond acceptors (Lipinski definition) is 1. The minimum atomic E-state index is -0.288. The lowest BCUT2D eigenvalue weighted by Gasteiger charge is -2.12. The summed E-state index contributed by atoms with van der Waals surface area (Å²) in [5, 5.41) is 0. The lowest BCUT2D eigenvalue weighted by molar-refractivity contribution is 0.250. The van der Waals surface area contributed by atoms with Crippen molar-refractivity contribution in [1.29, 1.82) is 0 Å². The molecule has 1 aliphatic carbocycles. The van der Waals surface area contributed by atoms with Crippen LogP contribution in [-0.4, -0.2) is 12.5 Å². The second-order valence-corrected chi connectivity index (χ2v) is 5.22. The SMILES string of the molecule is Fc1ccc(C#CCCCl)c(OCC2CCCC2)c1. The highest BCUT2D eigenvalue weighted by molar-refractivity contribution is 6.18. The zero-order valence-electron chi connectivity index (χ0n) is 10.9. The fraction of sp³-hybridized carbons (Fsp3) is 0.500. The maximum Gasteiger partial charge on any atom is 0.137 e. The average Bonchev–Trinajstić information content (AvgIpc) is 2.92. The molecule has 1 saturated carbocycles. The molecular formula is C16H18ClFO. The van der Waals surface area contributed by atoms with Gasteiger partial charge in [0.25, 0.3) is 0 Å². The van der Waals surface area contributed by atoms with Crippen molar-refractivity contribution in [1.82, 2.24) is 0 Å². The summed E-state index contributed by atoms with van der Waals surface area (Å²) in [5.41, 5.74) is 0.740. The van der Waals surface area contributed by atoms with Crippen LogP contribution in [0.5, 0.6) is 5.75 Å². The van der Waals surface area contributed by atoms with Crippen LogP contribution in [0.15, 0.2) is 18.2 Å². The Kier molecular flexibility index (Phi) is 5.54. The van der Waals surface area contributed by atoms with E-state index in [1.807, 2.05) is 0 Å². The Morgan fingerprint density at radius 2 is 2.11 bits per heavy atom. The third-order valence-electron chi connectivity index (χ3n) is 3.34. The molecule has 1 aromatic carbocycles. The molecule has 0 bridgehead atoms. The Balaban J connectivity index is 2.04. The molecular weight excluding hydrogens is 263 g/mol. The predicted molar refractivity (Wildman–Crippen MR) is 76.1 cm³/mol. The predicted octanol–water partition coefficient (Wildman–Crippen LogP) is 4.38. The molecule has 1 nitrogen and oxygen atoms in total. The van der Waals surface area contributed by atoms with E-state index in [4.69, 9.17) is 16.3 Å². The molecule has 1 aromatic rings. The number of alkyl halides is 1. The van der Waals surface area contributed by atoms with Gasteiger partial charge in [-0.15, -0.1) is 11.6 Å². The Bertz CT molecular complexity index is 469. The third-order valence-corrected chi connectivity index (χ3v) is 3.52. The van der Waals surface area contributed by atoms with Crippen LogP contribution in [0.1, 0.15) is 37.7 Å². The molecule has 1 aliphatic rings. The van der Waals surface area contributed by atoms with Gasteiger partial charge in [0.2, 0.25) is 0 Å². The van der Waals surface area contributed by atoms with E-state index < -0.39 is 0 Å². The van der Waals surface area contributed by atoms with Crippen LogP contribution < -0.4 is 4.74 Å². The first-order valence-electron chi connectivity index (χ1n) is 6.77. The summed E-state index contributed by atoms with van der Waals surface area (Å²) in [4.78, 5) is 0. The van der Waals surface area contributed by atoms with Gasteiger partial charge in [0.05, 0.1) is 12.2 Å². The second-order valence-electron chi connectivity index (χ2n) is 4.84. The van der Waals surface area contributed by atoms with E-state index >= 15 is 0 Å². The Hall–Kier alpha value is -1.20. The van der Waals surface area contributed by atoms with Gasteiger partial charge in [-0.1, -0.05) is 24.7 Å². The smallest absolute Gasteiger partial charge is 0.137 e. The van der Waals surface area contributed by atoms with Crippen LogP contribution in [0.25, 0.3) is 0 Å². The van der Waals surface area contributed by atoms with Crippen molar-refractivity contribution in [2.75, 3.05) is 12.5 Å². The summed E-state index contributed by atoms with van der Waals surface area (Å²) in [5.74, 6) is 7.32. The maximum absolute atomic E-state index is 13.3. The molecule has 0 heterocycles. The number of halogens is 2. The van der Waals surface area contributed by atoms with Crippen molar-refractivity contribution in [3.63, 3.8) is 0 Å². The van der Waals surface area contributed by atoms with Crippen molar-refractivity contribution >= 4 is 11.6 Å². The van der Waals surface area contributed by atoms with Gasteiger partial charge in [-0.3, -0.25) is 0 Å². The molecule has 0 saturated heterocycles. The average molecular weight is 281 g/mol. The van der Waals surface area contributed by atoms with Crippen LogP contribution in [0.4, 0.5) is 4.39 Å². The highest BCUT2D eigenvalue weighted by Gasteiger charge is 2.16. The summed E-state index contributed by atoms with van der Waals surface area (Å²) < 4.78 is 19.0. The van der Waals surface area contributed by atoms with Crippen LogP contribution in [0.2, 0.25) is 0 Å². The summed E-state index contributed by atoms with van der Waals surface area (Å²) >= 11 is 5.59. The highest BCUT2D eigenvalue weighted by Crippen LogP contribution is 2.27. The molecule has 0 aromatic heterocycles. The Morgan fingerprint density at radius 1 is 1.32 bits per heavy atom. The highest BCUT2D eigenvalue weighted by atomic mass is 35.5. The monoisotopic (exact) mass is 280 g/mol. The van der Waals surface area contributed by atoms with Crippen LogP contribution in [0, 0.1) is 23.6 Å². The standard InChI is InChI=1S/C16H18ClFO/c17-10-4-3-7-14-8-9-15(18)11-16(14)19-12-13-5-1-2-6-13/h8-9,11,13H,1-2,4-6,10,12H2. The van der Waals surface area contributed by atoms with Gasteiger partial charge in [0, 0.05) is 18.4 Å². The van der Waals surface area contributed by atoms with Crippen molar-refractivity contribution in [3.05, 3.63) is 29.6 Å². The number of hydrogen-bond donors (Lipinski definition) is 0. The number of rotatable bonds is 4. The van der Waals surface area contributed by atoms with E-state index in [-0.39, 0.29) is 5.82 Å². The summed E-state index contributed by atoms with van der Waals surface area (Å²) in [7, 11) is 0. The van der Waals surface area contributed by atoms with Gasteiger partial charge in [0.1, 0.15) is 11.6 Å². The molecule has 1 fully saturated rings. The molecule has 19 heavy (non-hydrogen) atoms.